The van der Waals surface area contributed by atoms with Crippen molar-refractivity contribution in [2.45, 2.75) is 30.5 Å². The van der Waals surface area contributed by atoms with Gasteiger partial charge in [-0.15, -0.1) is 0 Å². The van der Waals surface area contributed by atoms with E-state index in [9.17, 15) is 0 Å². The smallest absolute Gasteiger partial charge is 0.190 e. The molecule has 1 heterocycles. The van der Waals surface area contributed by atoms with Crippen molar-refractivity contribution >= 4 is 29.2 Å². The van der Waals surface area contributed by atoms with Crippen LogP contribution in [0, 0.1) is 0 Å². The summed E-state index contributed by atoms with van der Waals surface area (Å²) < 4.78 is 0. The highest BCUT2D eigenvalue weighted by molar-refractivity contribution is 7.98. The van der Waals surface area contributed by atoms with Gasteiger partial charge in [-0.05, 0) is 36.6 Å². The third-order valence-corrected chi connectivity index (χ3v) is 4.29. The monoisotopic (exact) mass is 305 g/mol. The van der Waals surface area contributed by atoms with E-state index in [1.165, 1.54) is 29.3 Å². The summed E-state index contributed by atoms with van der Waals surface area (Å²) in [5.74, 6) is 0.802. The van der Waals surface area contributed by atoms with Gasteiger partial charge in [-0.25, -0.2) is 9.97 Å². The van der Waals surface area contributed by atoms with Crippen LogP contribution in [0.15, 0.2) is 35.5 Å². The van der Waals surface area contributed by atoms with E-state index in [1.54, 1.807) is 6.07 Å². The highest BCUT2D eigenvalue weighted by atomic mass is 35.5. The third kappa shape index (κ3) is 2.91. The summed E-state index contributed by atoms with van der Waals surface area (Å²) in [6, 6.07) is 10.7. The highest BCUT2D eigenvalue weighted by Crippen LogP contribution is 2.32. The van der Waals surface area contributed by atoms with Gasteiger partial charge >= 0.3 is 0 Å². The Morgan fingerprint density at radius 2 is 2.15 bits per heavy atom. The molecule has 1 aromatic carbocycles. The summed E-state index contributed by atoms with van der Waals surface area (Å²) in [7, 11) is 0. The van der Waals surface area contributed by atoms with Gasteiger partial charge in [-0.3, -0.25) is 0 Å². The molecule has 0 bridgehead atoms. The lowest BCUT2D eigenvalue weighted by atomic mass is 9.88. The maximum Gasteiger partial charge on any atom is 0.190 e. The average molecular weight is 306 g/mol. The zero-order chi connectivity index (χ0) is 13.9. The maximum absolute atomic E-state index is 6.04. The Labute approximate surface area is 128 Å². The molecule has 0 fully saturated rings. The van der Waals surface area contributed by atoms with Gasteiger partial charge in [0.1, 0.15) is 11.0 Å². The molecule has 0 spiro atoms. The number of nitrogens with zero attached hydrogens (tertiary/aromatic N) is 2. The lowest BCUT2D eigenvalue weighted by molar-refractivity contribution is 0.597. The molecular weight excluding hydrogens is 290 g/mol. The summed E-state index contributed by atoms with van der Waals surface area (Å²) >= 11 is 7.54. The van der Waals surface area contributed by atoms with Crippen molar-refractivity contribution in [2.24, 2.45) is 0 Å². The summed E-state index contributed by atoms with van der Waals surface area (Å²) in [6.07, 6.45) is 5.43. The lowest BCUT2D eigenvalue weighted by Crippen LogP contribution is -2.18. The fourth-order valence-electron chi connectivity index (χ4n) is 2.64. The Balaban J connectivity index is 1.87. The minimum atomic E-state index is 0.306. The van der Waals surface area contributed by atoms with Gasteiger partial charge in [0.2, 0.25) is 0 Å². The van der Waals surface area contributed by atoms with E-state index in [1.807, 2.05) is 6.26 Å². The van der Waals surface area contributed by atoms with Crippen molar-refractivity contribution in [3.63, 3.8) is 0 Å². The van der Waals surface area contributed by atoms with Gasteiger partial charge in [0.05, 0.1) is 6.04 Å². The minimum absolute atomic E-state index is 0.306. The van der Waals surface area contributed by atoms with Crippen molar-refractivity contribution in [2.75, 3.05) is 11.6 Å². The number of thioether (sulfide) groups is 1. The van der Waals surface area contributed by atoms with E-state index in [4.69, 9.17) is 11.6 Å². The second-order valence-corrected chi connectivity index (χ2v) is 6.01. The molecule has 2 aromatic rings. The number of hydrogen-bond donors (Lipinski definition) is 1. The van der Waals surface area contributed by atoms with Crippen LogP contribution in [-0.2, 0) is 6.42 Å². The summed E-state index contributed by atoms with van der Waals surface area (Å²) in [5.41, 5.74) is 2.81. The van der Waals surface area contributed by atoms with Crippen molar-refractivity contribution < 1.29 is 0 Å². The normalized spacial score (nSPS) is 17.6. The molecule has 0 aliphatic heterocycles. The van der Waals surface area contributed by atoms with Crippen molar-refractivity contribution in [1.82, 2.24) is 9.97 Å². The molecule has 0 amide bonds. The first kappa shape index (κ1) is 13.7. The second kappa shape index (κ2) is 6.02. The molecule has 1 aliphatic carbocycles. The zero-order valence-electron chi connectivity index (χ0n) is 11.3. The predicted molar refractivity (Wildman–Crippen MR) is 84.6 cm³/mol. The minimum Gasteiger partial charge on any atom is -0.363 e. The van der Waals surface area contributed by atoms with Crippen LogP contribution in [0.5, 0.6) is 0 Å². The van der Waals surface area contributed by atoms with Crippen LogP contribution in [0.2, 0.25) is 5.15 Å². The largest absolute Gasteiger partial charge is 0.363 e. The molecule has 1 atom stereocenters. The topological polar surface area (TPSA) is 37.8 Å². The predicted octanol–water partition coefficient (Wildman–Crippen LogP) is 4.34. The molecule has 20 heavy (non-hydrogen) atoms. The summed E-state index contributed by atoms with van der Waals surface area (Å²) in [5, 5.41) is 4.68. The van der Waals surface area contributed by atoms with Gasteiger partial charge in [-0.1, -0.05) is 47.6 Å². The molecular formula is C15H16ClN3S. The van der Waals surface area contributed by atoms with E-state index in [0.717, 1.165) is 18.7 Å². The van der Waals surface area contributed by atoms with Crippen LogP contribution in [0.4, 0.5) is 5.82 Å². The zero-order valence-corrected chi connectivity index (χ0v) is 12.8. The van der Waals surface area contributed by atoms with Gasteiger partial charge in [0.25, 0.3) is 0 Å². The van der Waals surface area contributed by atoms with Crippen molar-refractivity contribution in [1.29, 1.82) is 0 Å². The quantitative estimate of drug-likeness (QED) is 0.520. The molecule has 1 N–H and O–H groups in total. The fourth-order valence-corrected chi connectivity index (χ4v) is 3.26. The Bertz CT molecular complexity index is 618. The molecule has 5 heteroatoms. The number of halogens is 1. The molecule has 0 saturated heterocycles. The van der Waals surface area contributed by atoms with Crippen LogP contribution < -0.4 is 5.32 Å². The second-order valence-electron chi connectivity index (χ2n) is 4.85. The Kier molecular flexibility index (Phi) is 4.13. The van der Waals surface area contributed by atoms with Gasteiger partial charge in [0, 0.05) is 6.07 Å². The van der Waals surface area contributed by atoms with Crippen LogP contribution in [0.3, 0.4) is 0 Å². The number of benzene rings is 1. The molecule has 0 radical (unpaired) electrons. The summed E-state index contributed by atoms with van der Waals surface area (Å²) in [4.78, 5) is 8.64. The van der Waals surface area contributed by atoms with Crippen LogP contribution in [0.25, 0.3) is 0 Å². The molecule has 1 aliphatic rings. The van der Waals surface area contributed by atoms with E-state index in [-0.39, 0.29) is 0 Å². The first-order chi connectivity index (χ1) is 9.76. The Morgan fingerprint density at radius 3 is 3.00 bits per heavy atom. The van der Waals surface area contributed by atoms with E-state index < -0.39 is 0 Å². The Morgan fingerprint density at radius 1 is 1.30 bits per heavy atom. The Hall–Kier alpha value is -1.26. The standard InChI is InChI=1S/C15H16ClN3S/c1-20-15-18-13(16)9-14(19-15)17-12-8-4-6-10-5-2-3-7-11(10)12/h2-3,5,7,9,12H,4,6,8H2,1H3,(H,17,18,19). The van der Waals surface area contributed by atoms with Crippen molar-refractivity contribution in [3.05, 3.63) is 46.6 Å². The molecule has 1 aromatic heterocycles. The van der Waals surface area contributed by atoms with E-state index in [2.05, 4.69) is 39.6 Å². The SMILES string of the molecule is CSc1nc(Cl)cc(NC2CCCc3ccccc32)n1. The molecule has 104 valence electrons. The number of aryl methyl sites for hydroxylation is 1. The first-order valence-corrected chi connectivity index (χ1v) is 8.29. The van der Waals surface area contributed by atoms with Gasteiger partial charge in [-0.2, -0.15) is 0 Å². The molecule has 0 saturated carbocycles. The van der Waals surface area contributed by atoms with Crippen LogP contribution >= 0.6 is 23.4 Å². The van der Waals surface area contributed by atoms with Gasteiger partial charge in [0.15, 0.2) is 5.16 Å². The average Bonchev–Trinajstić information content (AvgIpc) is 2.47. The molecule has 3 rings (SSSR count). The molecule has 3 nitrogen and oxygen atoms in total. The number of hydrogen-bond acceptors (Lipinski definition) is 4. The number of fused-ring (bicyclic) bond motifs is 1. The fraction of sp³-hybridized carbons (Fsp3) is 0.333. The number of nitrogens with one attached hydrogen (secondary N) is 1. The third-order valence-electron chi connectivity index (χ3n) is 3.55. The maximum atomic E-state index is 6.04. The van der Waals surface area contributed by atoms with Gasteiger partial charge < -0.3 is 5.32 Å². The van der Waals surface area contributed by atoms with E-state index >= 15 is 0 Å². The lowest BCUT2D eigenvalue weighted by Gasteiger charge is -2.26. The van der Waals surface area contributed by atoms with E-state index in [0.29, 0.717) is 16.4 Å². The first-order valence-electron chi connectivity index (χ1n) is 6.69. The number of anilines is 1. The number of rotatable bonds is 3. The molecule has 1 unspecified atom stereocenters. The van der Waals surface area contributed by atoms with Crippen molar-refractivity contribution in [3.8, 4) is 0 Å². The van der Waals surface area contributed by atoms with Crippen LogP contribution in [-0.4, -0.2) is 16.2 Å². The summed E-state index contributed by atoms with van der Waals surface area (Å²) in [6.45, 7) is 0. The number of aromatic nitrogens is 2. The highest BCUT2D eigenvalue weighted by Gasteiger charge is 2.20. The van der Waals surface area contributed by atoms with Crippen LogP contribution in [0.1, 0.15) is 30.0 Å².